The molecule has 0 bridgehead atoms. The second-order valence-electron chi connectivity index (χ2n) is 5.09. The topological polar surface area (TPSA) is 17.1 Å². The molecule has 0 saturated carbocycles. The molecule has 2 saturated heterocycles. The van der Waals surface area contributed by atoms with E-state index in [2.05, 4.69) is 20.8 Å². The number of quaternary nitrogens is 1. The van der Waals surface area contributed by atoms with E-state index in [-0.39, 0.29) is 0 Å². The van der Waals surface area contributed by atoms with Crippen molar-refractivity contribution in [3.8, 4) is 0 Å². The molecule has 2 nitrogen and oxygen atoms in total. The Labute approximate surface area is 80.5 Å². The largest absolute Gasteiger partial charge is 0.314 e. The Hall–Kier alpha value is -0.370. The van der Waals surface area contributed by atoms with E-state index in [0.29, 0.717) is 18.0 Å². The smallest absolute Gasteiger partial charge is 0.246 e. The van der Waals surface area contributed by atoms with Crippen molar-refractivity contribution in [3.63, 3.8) is 0 Å². The van der Waals surface area contributed by atoms with Crippen LogP contribution in [-0.2, 0) is 4.79 Å². The van der Waals surface area contributed by atoms with Crippen molar-refractivity contribution in [3.05, 3.63) is 0 Å². The number of amides is 1. The van der Waals surface area contributed by atoms with Gasteiger partial charge in [-0.15, -0.1) is 0 Å². The van der Waals surface area contributed by atoms with E-state index in [1.165, 1.54) is 6.42 Å². The quantitative estimate of drug-likeness (QED) is 0.471. The van der Waals surface area contributed by atoms with E-state index in [1.807, 2.05) is 0 Å². The fourth-order valence-electron chi connectivity index (χ4n) is 3.11. The molecule has 3 atom stereocenters. The molecule has 2 rings (SSSR count). The molecule has 2 aliphatic rings. The van der Waals surface area contributed by atoms with Crippen molar-refractivity contribution < 1.29 is 9.28 Å². The molecule has 3 unspecified atom stereocenters. The van der Waals surface area contributed by atoms with Gasteiger partial charge in [0.05, 0.1) is 13.0 Å². The summed E-state index contributed by atoms with van der Waals surface area (Å²) in [5.74, 6) is 1.25. The van der Waals surface area contributed by atoms with Crippen LogP contribution >= 0.6 is 0 Å². The average Bonchev–Trinajstić information content (AvgIpc) is 2.42. The molecule has 74 valence electrons. The molecule has 1 amide bonds. The predicted octanol–water partition coefficient (Wildman–Crippen LogP) is 1.94. The van der Waals surface area contributed by atoms with Crippen molar-refractivity contribution >= 4 is 5.91 Å². The minimum atomic E-state index is 0.512. The van der Waals surface area contributed by atoms with Crippen LogP contribution in [0, 0.1) is 5.92 Å². The second-order valence-corrected chi connectivity index (χ2v) is 5.09. The molecule has 2 fully saturated rings. The number of carbonyl (C=O) groups excluding carboxylic acids is 1. The highest BCUT2D eigenvalue weighted by Crippen LogP contribution is 2.47. The maximum Gasteiger partial charge on any atom is 0.314 e. The van der Waals surface area contributed by atoms with Gasteiger partial charge in [0.25, 0.3) is 0 Å². The van der Waals surface area contributed by atoms with Crippen LogP contribution in [0.2, 0.25) is 0 Å². The minimum absolute atomic E-state index is 0.512. The zero-order valence-electron chi connectivity index (χ0n) is 8.92. The van der Waals surface area contributed by atoms with Crippen molar-refractivity contribution in [2.45, 2.75) is 52.1 Å². The molecule has 2 heterocycles. The summed E-state index contributed by atoms with van der Waals surface area (Å²) in [6.07, 6.45) is 3.18. The molecule has 13 heavy (non-hydrogen) atoms. The molecule has 2 heteroatoms. The number of nitrogens with zero attached hydrogens (tertiary/aromatic N) is 1. The Morgan fingerprint density at radius 1 is 1.54 bits per heavy atom. The normalized spacial score (nSPS) is 43.5. The van der Waals surface area contributed by atoms with Crippen molar-refractivity contribution in [1.82, 2.24) is 0 Å². The summed E-state index contributed by atoms with van der Waals surface area (Å²) in [5, 5.41) is 0. The summed E-state index contributed by atoms with van der Waals surface area (Å²) in [5.41, 5.74) is 0. The molecule has 0 aliphatic carbocycles. The van der Waals surface area contributed by atoms with Crippen LogP contribution in [0.3, 0.4) is 0 Å². The Balaban J connectivity index is 2.06. The van der Waals surface area contributed by atoms with Crippen LogP contribution in [-0.4, -0.2) is 29.0 Å². The molecule has 0 N–H and O–H groups in total. The third kappa shape index (κ3) is 1.15. The van der Waals surface area contributed by atoms with Crippen LogP contribution in [0.5, 0.6) is 0 Å². The van der Waals surface area contributed by atoms with E-state index in [4.69, 9.17) is 0 Å². The summed E-state index contributed by atoms with van der Waals surface area (Å²) < 4.78 is 0.845. The standard InChI is InChI=1S/C11H20NO/c1-8(2)7-10-9(3)12(10)6-4-5-11(12)13/h8-10H,4-7H2,1-3H3/q+1. The fraction of sp³-hybridized carbons (Fsp3) is 0.909. The zero-order chi connectivity index (χ0) is 9.64. The molecular weight excluding hydrogens is 162 g/mol. The number of hydrogen-bond acceptors (Lipinski definition) is 1. The van der Waals surface area contributed by atoms with Crippen LogP contribution in [0.25, 0.3) is 0 Å². The lowest BCUT2D eigenvalue weighted by atomic mass is 10.1. The Bertz CT molecular complexity index is 236. The summed E-state index contributed by atoms with van der Waals surface area (Å²) in [7, 11) is 0. The first-order chi connectivity index (χ1) is 6.09. The third-order valence-electron chi connectivity index (χ3n) is 3.88. The maximum atomic E-state index is 11.7. The first-order valence-electron chi connectivity index (χ1n) is 5.50. The van der Waals surface area contributed by atoms with Crippen LogP contribution in [0.1, 0.15) is 40.0 Å². The van der Waals surface area contributed by atoms with Gasteiger partial charge in [0.1, 0.15) is 12.1 Å². The number of carbonyl (C=O) groups is 1. The average molecular weight is 182 g/mol. The highest BCUT2D eigenvalue weighted by Gasteiger charge is 2.69. The van der Waals surface area contributed by atoms with Crippen LogP contribution < -0.4 is 0 Å². The number of rotatable bonds is 2. The van der Waals surface area contributed by atoms with Crippen LogP contribution in [0.4, 0.5) is 0 Å². The predicted molar refractivity (Wildman–Crippen MR) is 52.1 cm³/mol. The molecule has 0 aromatic heterocycles. The molecular formula is C11H20NO+. The highest BCUT2D eigenvalue weighted by molar-refractivity contribution is 5.72. The van der Waals surface area contributed by atoms with E-state index < -0.39 is 0 Å². The zero-order valence-corrected chi connectivity index (χ0v) is 8.92. The van der Waals surface area contributed by atoms with Crippen molar-refractivity contribution in [2.24, 2.45) is 5.92 Å². The van der Waals surface area contributed by atoms with E-state index in [0.717, 1.165) is 29.8 Å². The molecule has 0 radical (unpaired) electrons. The Morgan fingerprint density at radius 3 is 2.69 bits per heavy atom. The monoisotopic (exact) mass is 182 g/mol. The van der Waals surface area contributed by atoms with Crippen molar-refractivity contribution in [1.29, 1.82) is 0 Å². The van der Waals surface area contributed by atoms with E-state index in [1.54, 1.807) is 0 Å². The lowest BCUT2D eigenvalue weighted by Gasteiger charge is -2.11. The minimum Gasteiger partial charge on any atom is -0.246 e. The molecule has 0 aromatic carbocycles. The van der Waals surface area contributed by atoms with E-state index in [9.17, 15) is 4.79 Å². The van der Waals surface area contributed by atoms with Gasteiger partial charge in [-0.25, -0.2) is 9.28 Å². The summed E-state index contributed by atoms with van der Waals surface area (Å²) in [6.45, 7) is 7.87. The third-order valence-corrected chi connectivity index (χ3v) is 3.88. The maximum absolute atomic E-state index is 11.7. The summed E-state index contributed by atoms with van der Waals surface area (Å²) in [6, 6.07) is 1.28. The van der Waals surface area contributed by atoms with Crippen molar-refractivity contribution in [2.75, 3.05) is 6.54 Å². The first kappa shape index (κ1) is 9.20. The Morgan fingerprint density at radius 2 is 2.23 bits per heavy atom. The summed E-state index contributed by atoms with van der Waals surface area (Å²) >= 11 is 0. The van der Waals surface area contributed by atoms with Gasteiger partial charge in [-0.05, 0) is 12.8 Å². The molecule has 1 spiro atoms. The van der Waals surface area contributed by atoms with Gasteiger partial charge in [0.2, 0.25) is 0 Å². The summed E-state index contributed by atoms with van der Waals surface area (Å²) in [4.78, 5) is 11.7. The van der Waals surface area contributed by atoms with Gasteiger partial charge in [-0.1, -0.05) is 13.8 Å². The lowest BCUT2D eigenvalue weighted by molar-refractivity contribution is -0.737. The second kappa shape index (κ2) is 2.81. The molecule has 0 aromatic rings. The van der Waals surface area contributed by atoms with Gasteiger partial charge in [0, 0.05) is 12.8 Å². The van der Waals surface area contributed by atoms with Gasteiger partial charge in [-0.2, -0.15) is 0 Å². The van der Waals surface area contributed by atoms with E-state index >= 15 is 0 Å². The Kier molecular flexibility index (Phi) is 1.99. The van der Waals surface area contributed by atoms with Gasteiger partial charge in [-0.3, -0.25) is 0 Å². The lowest BCUT2D eigenvalue weighted by Crippen LogP contribution is -2.31. The number of hydrogen-bond donors (Lipinski definition) is 0. The molecule has 2 aliphatic heterocycles. The highest BCUT2D eigenvalue weighted by atomic mass is 16.2. The van der Waals surface area contributed by atoms with Gasteiger partial charge >= 0.3 is 5.91 Å². The van der Waals surface area contributed by atoms with Gasteiger partial charge < -0.3 is 0 Å². The fourth-order valence-corrected chi connectivity index (χ4v) is 3.11. The van der Waals surface area contributed by atoms with Gasteiger partial charge in [0.15, 0.2) is 0 Å². The first-order valence-corrected chi connectivity index (χ1v) is 5.50. The SMILES string of the molecule is CC(C)CC1C(C)[N+]12CCCC2=O. The van der Waals surface area contributed by atoms with Crippen LogP contribution in [0.15, 0.2) is 0 Å².